The van der Waals surface area contributed by atoms with Crippen LogP contribution >= 0.6 is 23.1 Å². The van der Waals surface area contributed by atoms with Gasteiger partial charge in [-0.1, -0.05) is 67.8 Å². The van der Waals surface area contributed by atoms with Gasteiger partial charge in [0.05, 0.1) is 11.3 Å². The largest absolute Gasteiger partial charge is 0.353 e. The maximum Gasteiger partial charge on any atom is 0.272 e. The summed E-state index contributed by atoms with van der Waals surface area (Å²) in [5.41, 5.74) is 3.01. The molecule has 4 rings (SSSR count). The molecule has 0 aliphatic heterocycles. The lowest BCUT2D eigenvalue weighted by Crippen LogP contribution is -2.37. The summed E-state index contributed by atoms with van der Waals surface area (Å²) < 4.78 is 2.41. The van der Waals surface area contributed by atoms with Gasteiger partial charge in [-0.25, -0.2) is 4.98 Å². The molecule has 31 heavy (non-hydrogen) atoms. The van der Waals surface area contributed by atoms with Gasteiger partial charge in [0.2, 0.25) is 5.91 Å². The van der Waals surface area contributed by atoms with E-state index in [9.17, 15) is 9.59 Å². The monoisotopic (exact) mass is 455 g/mol. The zero-order chi connectivity index (χ0) is 21.8. The fraction of sp³-hybridized carbons (Fsp3) is 0.458. The van der Waals surface area contributed by atoms with Gasteiger partial charge in [0, 0.05) is 17.5 Å². The third kappa shape index (κ3) is 5.21. The van der Waals surface area contributed by atoms with Crippen molar-refractivity contribution in [1.82, 2.24) is 14.9 Å². The highest BCUT2D eigenvalue weighted by molar-refractivity contribution is 7.99. The van der Waals surface area contributed by atoms with Gasteiger partial charge in [-0.05, 0) is 37.8 Å². The van der Waals surface area contributed by atoms with Gasteiger partial charge in [-0.2, -0.15) is 0 Å². The lowest BCUT2D eigenvalue weighted by Gasteiger charge is -2.22. The van der Waals surface area contributed by atoms with Crippen molar-refractivity contribution in [2.24, 2.45) is 0 Å². The van der Waals surface area contributed by atoms with Crippen LogP contribution in [0.25, 0.3) is 20.7 Å². The highest BCUT2D eigenvalue weighted by Crippen LogP contribution is 2.32. The van der Waals surface area contributed by atoms with E-state index in [1.165, 1.54) is 47.9 Å². The fourth-order valence-electron chi connectivity index (χ4n) is 4.03. The number of nitrogens with one attached hydrogen (secondary N) is 1. The van der Waals surface area contributed by atoms with Gasteiger partial charge in [-0.3, -0.25) is 14.2 Å². The minimum Gasteiger partial charge on any atom is -0.353 e. The van der Waals surface area contributed by atoms with Gasteiger partial charge in [0.15, 0.2) is 5.16 Å². The Balaban J connectivity index is 1.58. The number of thioether (sulfide) groups is 1. The number of carbonyl (C=O) groups excluding carboxylic acids is 1. The zero-order valence-electron chi connectivity index (χ0n) is 18.1. The Morgan fingerprint density at radius 1 is 1.23 bits per heavy atom. The Labute approximate surface area is 191 Å². The van der Waals surface area contributed by atoms with E-state index in [4.69, 9.17) is 4.98 Å². The molecule has 1 aliphatic rings. The lowest BCUT2D eigenvalue weighted by molar-refractivity contribution is -0.119. The van der Waals surface area contributed by atoms with E-state index in [1.807, 2.05) is 13.0 Å². The molecule has 5 nitrogen and oxygen atoms in total. The van der Waals surface area contributed by atoms with E-state index in [-0.39, 0.29) is 17.2 Å². The molecule has 0 spiro atoms. The molecule has 0 saturated heterocycles. The molecule has 0 radical (unpaired) electrons. The third-order valence-corrected chi connectivity index (χ3v) is 7.82. The molecule has 2 heterocycles. The Morgan fingerprint density at radius 3 is 2.68 bits per heavy atom. The second-order valence-corrected chi connectivity index (χ2v) is 10.2. The molecule has 1 aromatic carbocycles. The third-order valence-electron chi connectivity index (χ3n) is 5.68. The van der Waals surface area contributed by atoms with Crippen LogP contribution in [-0.4, -0.2) is 27.3 Å². The van der Waals surface area contributed by atoms with Crippen LogP contribution in [0.15, 0.2) is 40.3 Å². The predicted octanol–water partition coefficient (Wildman–Crippen LogP) is 5.38. The molecular formula is C24H29N3O2S2. The number of hydrogen-bond acceptors (Lipinski definition) is 5. The average molecular weight is 456 g/mol. The normalized spacial score (nSPS) is 14.8. The SMILES string of the molecule is CCCn1c(SCC(=O)NC2CCCCC2)nc2cc(-c3ccc(C)cc3)sc2c1=O. The van der Waals surface area contributed by atoms with Crippen LogP contribution in [0.5, 0.6) is 0 Å². The molecule has 0 atom stereocenters. The van der Waals surface area contributed by atoms with Crippen molar-refractivity contribution in [3.05, 3.63) is 46.2 Å². The molecule has 7 heteroatoms. The minimum atomic E-state index is -0.00889. The number of hydrogen-bond donors (Lipinski definition) is 1. The molecule has 1 fully saturated rings. The quantitative estimate of drug-likeness (QED) is 0.383. The summed E-state index contributed by atoms with van der Waals surface area (Å²) in [7, 11) is 0. The maximum absolute atomic E-state index is 13.2. The van der Waals surface area contributed by atoms with Gasteiger partial charge >= 0.3 is 0 Å². The Hall–Kier alpha value is -2.12. The van der Waals surface area contributed by atoms with Gasteiger partial charge in [0.25, 0.3) is 5.56 Å². The van der Waals surface area contributed by atoms with Crippen molar-refractivity contribution >= 4 is 39.2 Å². The summed E-state index contributed by atoms with van der Waals surface area (Å²) in [6.07, 6.45) is 6.61. The maximum atomic E-state index is 13.2. The highest BCUT2D eigenvalue weighted by Gasteiger charge is 2.18. The molecule has 2 aromatic heterocycles. The van der Waals surface area contributed by atoms with Crippen LogP contribution in [0, 0.1) is 6.92 Å². The van der Waals surface area contributed by atoms with Crippen molar-refractivity contribution in [3.63, 3.8) is 0 Å². The smallest absolute Gasteiger partial charge is 0.272 e. The average Bonchev–Trinajstić information content (AvgIpc) is 3.20. The van der Waals surface area contributed by atoms with Crippen LogP contribution in [0.4, 0.5) is 0 Å². The van der Waals surface area contributed by atoms with Crippen molar-refractivity contribution < 1.29 is 4.79 Å². The molecule has 1 saturated carbocycles. The van der Waals surface area contributed by atoms with Crippen molar-refractivity contribution in [1.29, 1.82) is 0 Å². The second-order valence-electron chi connectivity index (χ2n) is 8.23. The van der Waals surface area contributed by atoms with E-state index < -0.39 is 0 Å². The fourth-order valence-corrected chi connectivity index (χ4v) is 5.92. The molecule has 3 aromatic rings. The molecule has 0 unspecified atom stereocenters. The lowest BCUT2D eigenvalue weighted by atomic mass is 9.95. The first-order chi connectivity index (χ1) is 15.0. The molecule has 0 bridgehead atoms. The van der Waals surface area contributed by atoms with E-state index in [0.717, 1.165) is 29.7 Å². The van der Waals surface area contributed by atoms with Crippen LogP contribution in [0.3, 0.4) is 0 Å². The molecule has 1 N–H and O–H groups in total. The summed E-state index contributed by atoms with van der Waals surface area (Å²) >= 11 is 2.86. The molecule has 164 valence electrons. The topological polar surface area (TPSA) is 64.0 Å². The summed E-state index contributed by atoms with van der Waals surface area (Å²) in [5, 5.41) is 3.78. The molecule has 1 aliphatic carbocycles. The second kappa shape index (κ2) is 10.0. The van der Waals surface area contributed by atoms with Crippen molar-refractivity contribution in [2.75, 3.05) is 5.75 Å². The first kappa shape index (κ1) is 22.1. The summed E-state index contributed by atoms with van der Waals surface area (Å²) in [6, 6.07) is 10.6. The van der Waals surface area contributed by atoms with E-state index in [1.54, 1.807) is 4.57 Å². The van der Waals surface area contributed by atoms with Crippen molar-refractivity contribution in [3.8, 4) is 10.4 Å². The van der Waals surface area contributed by atoms with Crippen molar-refractivity contribution in [2.45, 2.75) is 70.1 Å². The first-order valence-electron chi connectivity index (χ1n) is 11.1. The molecular weight excluding hydrogens is 426 g/mol. The van der Waals surface area contributed by atoms with E-state index in [0.29, 0.717) is 28.0 Å². The van der Waals surface area contributed by atoms with E-state index >= 15 is 0 Å². The summed E-state index contributed by atoms with van der Waals surface area (Å²) in [5.74, 6) is 0.313. The number of thiophene rings is 1. The van der Waals surface area contributed by atoms with Gasteiger partial charge in [0.1, 0.15) is 4.70 Å². The predicted molar refractivity (Wildman–Crippen MR) is 130 cm³/mol. The summed E-state index contributed by atoms with van der Waals surface area (Å²) in [4.78, 5) is 31.5. The number of benzene rings is 1. The van der Waals surface area contributed by atoms with Gasteiger partial charge in [-0.15, -0.1) is 11.3 Å². The van der Waals surface area contributed by atoms with Crippen LogP contribution in [0.2, 0.25) is 0 Å². The Morgan fingerprint density at radius 2 is 1.97 bits per heavy atom. The first-order valence-corrected chi connectivity index (χ1v) is 12.9. The number of carbonyl (C=O) groups is 1. The standard InChI is InChI=1S/C24H29N3O2S2/c1-3-13-27-23(29)22-19(14-20(31-22)17-11-9-16(2)10-12-17)26-24(27)30-15-21(28)25-18-7-5-4-6-8-18/h9-12,14,18H,3-8,13,15H2,1-2H3,(H,25,28). The van der Waals surface area contributed by atoms with Crippen LogP contribution < -0.4 is 10.9 Å². The van der Waals surface area contributed by atoms with Gasteiger partial charge < -0.3 is 5.32 Å². The zero-order valence-corrected chi connectivity index (χ0v) is 19.8. The Kier molecular flexibility index (Phi) is 7.13. The number of fused-ring (bicyclic) bond motifs is 1. The minimum absolute atomic E-state index is 0.00889. The number of nitrogens with zero attached hydrogens (tertiary/aromatic N) is 2. The highest BCUT2D eigenvalue weighted by atomic mass is 32.2. The van der Waals surface area contributed by atoms with E-state index in [2.05, 4.69) is 36.5 Å². The number of aromatic nitrogens is 2. The summed E-state index contributed by atoms with van der Waals surface area (Å²) in [6.45, 7) is 4.72. The van der Waals surface area contributed by atoms with Crippen LogP contribution in [0.1, 0.15) is 51.0 Å². The number of rotatable bonds is 7. The van der Waals surface area contributed by atoms with Crippen LogP contribution in [-0.2, 0) is 11.3 Å². The molecule has 1 amide bonds. The number of amides is 1. The Bertz CT molecular complexity index is 1110. The number of aryl methyl sites for hydroxylation is 1.